The molecule has 0 radical (unpaired) electrons. The molecule has 4 nitrogen and oxygen atoms in total. The molecule has 2 aromatic carbocycles. The minimum absolute atomic E-state index is 0.0281. The summed E-state index contributed by atoms with van der Waals surface area (Å²) >= 11 is 11.8. The molecule has 9 heteroatoms. The van der Waals surface area contributed by atoms with Gasteiger partial charge in [0.1, 0.15) is 0 Å². The molecule has 1 amide bonds. The summed E-state index contributed by atoms with van der Waals surface area (Å²) in [6, 6.07) is 10.2. The van der Waals surface area contributed by atoms with Gasteiger partial charge in [-0.05, 0) is 42.3 Å². The molecule has 1 heterocycles. The lowest BCUT2D eigenvalue weighted by Gasteiger charge is -2.32. The topological polar surface area (TPSA) is 52.9 Å². The average Bonchev–Trinajstić information content (AvgIpc) is 2.94. The Hall–Kier alpha value is -2.09. The third-order valence-corrected chi connectivity index (χ3v) is 4.73. The molecule has 1 aliphatic heterocycles. The molecule has 0 aromatic heterocycles. The number of amides is 1. The molecule has 3 rings (SSSR count). The Morgan fingerprint density at radius 1 is 1.19 bits per heavy atom. The maximum Gasteiger partial charge on any atom is 0.438 e. The largest absolute Gasteiger partial charge is 0.438 e. The number of aryl methyl sites for hydroxylation is 1. The van der Waals surface area contributed by atoms with Crippen molar-refractivity contribution >= 4 is 34.8 Å². The van der Waals surface area contributed by atoms with E-state index in [9.17, 15) is 23.1 Å². The first-order chi connectivity index (χ1) is 12.5. The van der Waals surface area contributed by atoms with Crippen molar-refractivity contribution < 1.29 is 23.1 Å². The van der Waals surface area contributed by atoms with E-state index in [1.807, 2.05) is 0 Å². The Morgan fingerprint density at radius 2 is 1.81 bits per heavy atom. The number of halogens is 5. The summed E-state index contributed by atoms with van der Waals surface area (Å²) in [6.07, 6.45) is -6.04. The smallest absolute Gasteiger partial charge is 0.362 e. The summed E-state index contributed by atoms with van der Waals surface area (Å²) in [6.45, 7) is 1.72. The highest BCUT2D eigenvalue weighted by Crippen LogP contribution is 2.42. The van der Waals surface area contributed by atoms with Crippen LogP contribution in [0.4, 0.5) is 13.2 Å². The molecule has 27 heavy (non-hydrogen) atoms. The minimum Gasteiger partial charge on any atom is -0.362 e. The number of hydrogen-bond donors (Lipinski definition) is 1. The molecule has 142 valence electrons. The van der Waals surface area contributed by atoms with Gasteiger partial charge in [-0.25, -0.2) is 0 Å². The lowest BCUT2D eigenvalue weighted by molar-refractivity contribution is -0.297. The van der Waals surface area contributed by atoms with Gasteiger partial charge in [0.15, 0.2) is 0 Å². The van der Waals surface area contributed by atoms with Crippen LogP contribution >= 0.6 is 23.2 Å². The van der Waals surface area contributed by atoms with E-state index in [4.69, 9.17) is 23.2 Å². The highest BCUT2D eigenvalue weighted by atomic mass is 35.5. The monoisotopic (exact) mass is 416 g/mol. The van der Waals surface area contributed by atoms with E-state index in [0.29, 0.717) is 10.6 Å². The van der Waals surface area contributed by atoms with Crippen molar-refractivity contribution in [2.24, 2.45) is 5.10 Å². The first kappa shape index (κ1) is 19.7. The standard InChI is InChI=1S/C18H13Cl2F3N2O2/c1-10-2-7-13(14(20)8-10)16(26)25-17(27,18(21,22)23)9-15(24-25)11-3-5-12(19)6-4-11/h2-8,27H,9H2,1H3/t17-/m0/s1. The fourth-order valence-corrected chi connectivity index (χ4v) is 3.13. The Morgan fingerprint density at radius 3 is 2.37 bits per heavy atom. The number of benzene rings is 2. The molecular formula is C18H13Cl2F3N2O2. The van der Waals surface area contributed by atoms with Gasteiger partial charge >= 0.3 is 6.18 Å². The number of carbonyl (C=O) groups excluding carboxylic acids is 1. The molecule has 0 aliphatic carbocycles. The van der Waals surface area contributed by atoms with Crippen LogP contribution in [0.5, 0.6) is 0 Å². The summed E-state index contributed by atoms with van der Waals surface area (Å²) in [7, 11) is 0. The van der Waals surface area contributed by atoms with E-state index in [2.05, 4.69) is 5.10 Å². The van der Waals surface area contributed by atoms with Crippen molar-refractivity contribution in [2.75, 3.05) is 0 Å². The van der Waals surface area contributed by atoms with Gasteiger partial charge in [0.25, 0.3) is 11.6 Å². The lowest BCUT2D eigenvalue weighted by Crippen LogP contribution is -2.56. The fraction of sp³-hybridized carbons (Fsp3) is 0.222. The van der Waals surface area contributed by atoms with Crippen LogP contribution in [-0.2, 0) is 0 Å². The van der Waals surface area contributed by atoms with Crippen LogP contribution in [0.15, 0.2) is 47.6 Å². The van der Waals surface area contributed by atoms with Crippen molar-refractivity contribution in [1.29, 1.82) is 0 Å². The minimum atomic E-state index is -5.13. The predicted molar refractivity (Wildman–Crippen MR) is 96.0 cm³/mol. The number of aliphatic hydroxyl groups is 1. The van der Waals surface area contributed by atoms with Crippen molar-refractivity contribution in [3.05, 3.63) is 69.2 Å². The summed E-state index contributed by atoms with van der Waals surface area (Å²) < 4.78 is 40.9. The number of hydrazone groups is 1. The molecule has 0 saturated carbocycles. The van der Waals surface area contributed by atoms with Crippen LogP contribution in [-0.4, -0.2) is 33.6 Å². The number of nitrogens with zero attached hydrogens (tertiary/aromatic N) is 2. The highest BCUT2D eigenvalue weighted by molar-refractivity contribution is 6.34. The lowest BCUT2D eigenvalue weighted by atomic mass is 10.0. The van der Waals surface area contributed by atoms with E-state index in [1.54, 1.807) is 6.92 Å². The SMILES string of the molecule is Cc1ccc(C(=O)N2N=C(c3ccc(Cl)cc3)C[C@]2(O)C(F)(F)F)c(Cl)c1. The number of alkyl halides is 3. The van der Waals surface area contributed by atoms with E-state index >= 15 is 0 Å². The summed E-state index contributed by atoms with van der Waals surface area (Å²) in [5.74, 6) is -1.15. The van der Waals surface area contributed by atoms with Gasteiger partial charge in [-0.1, -0.05) is 41.4 Å². The molecule has 2 aromatic rings. The summed E-state index contributed by atoms with van der Waals surface area (Å²) in [5.41, 5.74) is -2.72. The van der Waals surface area contributed by atoms with Crippen LogP contribution in [0.1, 0.15) is 27.9 Å². The van der Waals surface area contributed by atoms with Crippen molar-refractivity contribution in [3.63, 3.8) is 0 Å². The van der Waals surface area contributed by atoms with Gasteiger partial charge in [0.2, 0.25) is 0 Å². The molecule has 1 aliphatic rings. The van der Waals surface area contributed by atoms with Crippen molar-refractivity contribution in [3.8, 4) is 0 Å². The molecule has 1 N–H and O–H groups in total. The van der Waals surface area contributed by atoms with Crippen LogP contribution in [0.2, 0.25) is 10.0 Å². The van der Waals surface area contributed by atoms with Gasteiger partial charge in [-0.15, -0.1) is 0 Å². The first-order valence-corrected chi connectivity index (χ1v) is 8.52. The van der Waals surface area contributed by atoms with E-state index < -0.39 is 24.2 Å². The third-order valence-electron chi connectivity index (χ3n) is 4.16. The molecule has 0 saturated heterocycles. The first-order valence-electron chi connectivity index (χ1n) is 7.76. The van der Waals surface area contributed by atoms with Gasteiger partial charge in [-0.2, -0.15) is 23.3 Å². The second-order valence-corrected chi connectivity index (χ2v) is 6.99. The second kappa shape index (κ2) is 6.82. The predicted octanol–water partition coefficient (Wildman–Crippen LogP) is 4.80. The van der Waals surface area contributed by atoms with Crippen molar-refractivity contribution in [1.82, 2.24) is 5.01 Å². The molecule has 0 unspecified atom stereocenters. The van der Waals surface area contributed by atoms with Crippen LogP contribution in [0.3, 0.4) is 0 Å². The van der Waals surface area contributed by atoms with Gasteiger partial charge < -0.3 is 5.11 Å². The molecule has 0 spiro atoms. The van der Waals surface area contributed by atoms with Crippen LogP contribution in [0.25, 0.3) is 0 Å². The Labute approximate surface area is 162 Å². The number of rotatable bonds is 2. The van der Waals surface area contributed by atoms with Gasteiger partial charge in [0.05, 0.1) is 22.7 Å². The van der Waals surface area contributed by atoms with Gasteiger partial charge in [0, 0.05) is 5.02 Å². The third kappa shape index (κ3) is 3.54. The molecule has 0 bridgehead atoms. The quantitative estimate of drug-likeness (QED) is 0.763. The second-order valence-electron chi connectivity index (χ2n) is 6.14. The average molecular weight is 417 g/mol. The Balaban J connectivity index is 2.07. The Bertz CT molecular complexity index is 929. The zero-order valence-electron chi connectivity index (χ0n) is 13.9. The normalized spacial score (nSPS) is 20.0. The summed E-state index contributed by atoms with van der Waals surface area (Å²) in [5, 5.41) is 14.5. The maximum absolute atomic E-state index is 13.6. The molecule has 1 atom stereocenters. The number of hydrogen-bond acceptors (Lipinski definition) is 3. The zero-order valence-corrected chi connectivity index (χ0v) is 15.4. The van der Waals surface area contributed by atoms with E-state index in [-0.39, 0.29) is 21.3 Å². The highest BCUT2D eigenvalue weighted by Gasteiger charge is 2.63. The molecular weight excluding hydrogens is 404 g/mol. The maximum atomic E-state index is 13.6. The van der Waals surface area contributed by atoms with E-state index in [1.165, 1.54) is 42.5 Å². The molecule has 0 fully saturated rings. The van der Waals surface area contributed by atoms with Gasteiger partial charge in [-0.3, -0.25) is 4.79 Å². The Kier molecular flexibility index (Phi) is 4.96. The van der Waals surface area contributed by atoms with E-state index in [0.717, 1.165) is 5.56 Å². The fourth-order valence-electron chi connectivity index (χ4n) is 2.69. The summed E-state index contributed by atoms with van der Waals surface area (Å²) in [4.78, 5) is 12.7. The van der Waals surface area contributed by atoms with Crippen LogP contribution < -0.4 is 0 Å². The number of carbonyl (C=O) groups is 1. The zero-order chi connectivity index (χ0) is 20.0. The van der Waals surface area contributed by atoms with Crippen LogP contribution in [0, 0.1) is 6.92 Å². The van der Waals surface area contributed by atoms with Crippen molar-refractivity contribution in [2.45, 2.75) is 25.2 Å².